The lowest BCUT2D eigenvalue weighted by Crippen LogP contribution is -1.99. The molecule has 0 bridgehead atoms. The lowest BCUT2D eigenvalue weighted by atomic mass is 10.0. The molecule has 1 heterocycles. The Bertz CT molecular complexity index is 1250. The fourth-order valence-electron chi connectivity index (χ4n) is 3.80. The second kappa shape index (κ2) is 14.2. The fraction of sp³-hybridized carbons (Fsp3) is 0.258. The molecule has 1 N–H and O–H groups in total. The maximum atomic E-state index is 5.77. The van der Waals surface area contributed by atoms with Gasteiger partial charge in [0.15, 0.2) is 0 Å². The molecule has 4 aromatic rings. The maximum absolute atomic E-state index is 5.77. The van der Waals surface area contributed by atoms with E-state index in [0.717, 1.165) is 66.3 Å². The molecule has 0 amide bonds. The number of imidazole rings is 1. The van der Waals surface area contributed by atoms with Crippen LogP contribution in [0.1, 0.15) is 44.4 Å². The van der Waals surface area contributed by atoms with E-state index in [1.54, 1.807) is 18.0 Å². The third-order valence-corrected chi connectivity index (χ3v) is 6.90. The van der Waals surface area contributed by atoms with Crippen molar-refractivity contribution in [2.24, 2.45) is 0 Å². The van der Waals surface area contributed by atoms with Gasteiger partial charge in [-0.05, 0) is 78.1 Å². The Kier molecular flexibility index (Phi) is 10.1. The molecular formula is C31H35N3O2S. The molecule has 0 aliphatic heterocycles. The predicted octanol–water partition coefficient (Wildman–Crippen LogP) is 8.45. The molecule has 0 atom stereocenters. The molecule has 0 spiro atoms. The number of ether oxygens (including phenoxy) is 1. The van der Waals surface area contributed by atoms with Gasteiger partial charge in [0.1, 0.15) is 12.0 Å². The minimum absolute atomic E-state index is 0.763. The van der Waals surface area contributed by atoms with Crippen LogP contribution in [0.2, 0.25) is 0 Å². The van der Waals surface area contributed by atoms with Crippen molar-refractivity contribution in [2.45, 2.75) is 50.3 Å². The molecule has 5 nitrogen and oxygen atoms in total. The number of anilines is 1. The summed E-state index contributed by atoms with van der Waals surface area (Å²) in [5.41, 5.74) is 8.52. The topological polar surface area (TPSA) is 48.3 Å². The summed E-state index contributed by atoms with van der Waals surface area (Å²) in [7, 11) is 0. The molecule has 0 unspecified atom stereocenters. The normalized spacial score (nSPS) is 11.1. The lowest BCUT2D eigenvalue weighted by molar-refractivity contribution is 0.309. The van der Waals surface area contributed by atoms with Crippen molar-refractivity contribution in [3.63, 3.8) is 0 Å². The smallest absolute Gasteiger partial charge is 0.119 e. The largest absolute Gasteiger partial charge is 0.494 e. The molecule has 4 rings (SSSR count). The van der Waals surface area contributed by atoms with Gasteiger partial charge in [-0.15, -0.1) is 11.8 Å². The number of rotatable bonds is 14. The Morgan fingerprint density at radius 1 is 0.946 bits per heavy atom. The molecule has 0 fully saturated rings. The first kappa shape index (κ1) is 26.4. The average Bonchev–Trinajstić information content (AvgIpc) is 3.38. The van der Waals surface area contributed by atoms with Gasteiger partial charge in [-0.3, -0.25) is 0 Å². The van der Waals surface area contributed by atoms with E-state index in [1.807, 2.05) is 42.9 Å². The summed E-state index contributed by atoms with van der Waals surface area (Å²) in [6, 6.07) is 24.9. The minimum Gasteiger partial charge on any atom is -0.494 e. The molecule has 1 aromatic heterocycles. The fourth-order valence-corrected chi connectivity index (χ4v) is 4.69. The molecule has 37 heavy (non-hydrogen) atoms. The number of hydrogen-bond acceptors (Lipinski definition) is 5. The van der Waals surface area contributed by atoms with Gasteiger partial charge in [-0.2, -0.15) is 0 Å². The Hall–Kier alpha value is -3.64. The Morgan fingerprint density at radius 2 is 1.78 bits per heavy atom. The lowest BCUT2D eigenvalue weighted by Gasteiger charge is -2.08. The average molecular weight is 514 g/mol. The highest BCUT2D eigenvalue weighted by Crippen LogP contribution is 2.25. The highest BCUT2D eigenvalue weighted by atomic mass is 32.2. The first-order chi connectivity index (χ1) is 18.2. The van der Waals surface area contributed by atoms with Crippen LogP contribution in [0.3, 0.4) is 0 Å². The summed E-state index contributed by atoms with van der Waals surface area (Å²) in [5.74, 6) is 1.82. The van der Waals surface area contributed by atoms with E-state index in [2.05, 4.69) is 77.4 Å². The Labute approximate surface area is 224 Å². The van der Waals surface area contributed by atoms with Gasteiger partial charge in [-0.25, -0.2) is 10.5 Å². The number of aryl methyl sites for hydroxylation is 1. The highest BCUT2D eigenvalue weighted by molar-refractivity contribution is 7.98. The predicted molar refractivity (Wildman–Crippen MR) is 155 cm³/mol. The molecular weight excluding hydrogens is 478 g/mol. The number of thioether (sulfide) groups is 1. The SMILES string of the molecule is CCCCOc1ccc(-c2cccc(/C=C\ONc3ccc(SCc4cncn4CCC)cc3)c2)cc1. The number of benzene rings is 3. The van der Waals surface area contributed by atoms with Gasteiger partial charge in [0.2, 0.25) is 0 Å². The Balaban J connectivity index is 1.25. The molecule has 0 saturated carbocycles. The maximum Gasteiger partial charge on any atom is 0.119 e. The van der Waals surface area contributed by atoms with Crippen LogP contribution in [0.5, 0.6) is 5.75 Å². The van der Waals surface area contributed by atoms with Gasteiger partial charge in [0, 0.05) is 29.1 Å². The van der Waals surface area contributed by atoms with E-state index < -0.39 is 0 Å². The first-order valence-corrected chi connectivity index (χ1v) is 13.9. The van der Waals surface area contributed by atoms with Crippen molar-refractivity contribution in [3.05, 3.63) is 103 Å². The van der Waals surface area contributed by atoms with Crippen molar-refractivity contribution in [3.8, 4) is 16.9 Å². The second-order valence-corrected chi connectivity index (χ2v) is 9.81. The van der Waals surface area contributed by atoms with Crippen LogP contribution < -0.4 is 10.2 Å². The zero-order chi connectivity index (χ0) is 25.7. The zero-order valence-corrected chi connectivity index (χ0v) is 22.4. The highest BCUT2D eigenvalue weighted by Gasteiger charge is 2.03. The van der Waals surface area contributed by atoms with Crippen molar-refractivity contribution < 1.29 is 9.57 Å². The quantitative estimate of drug-likeness (QED) is 0.0793. The molecule has 0 aliphatic rings. The second-order valence-electron chi connectivity index (χ2n) is 8.77. The summed E-state index contributed by atoms with van der Waals surface area (Å²) < 4.78 is 7.99. The zero-order valence-electron chi connectivity index (χ0n) is 21.6. The van der Waals surface area contributed by atoms with E-state index in [4.69, 9.17) is 9.57 Å². The van der Waals surface area contributed by atoms with Crippen molar-refractivity contribution >= 4 is 23.5 Å². The summed E-state index contributed by atoms with van der Waals surface area (Å²) in [5, 5.41) is 0. The molecule has 0 radical (unpaired) electrons. The number of unbranched alkanes of at least 4 members (excludes halogenated alkanes) is 1. The summed E-state index contributed by atoms with van der Waals surface area (Å²) in [4.78, 5) is 11.1. The third kappa shape index (κ3) is 8.19. The van der Waals surface area contributed by atoms with Crippen molar-refractivity contribution in [1.82, 2.24) is 9.55 Å². The van der Waals surface area contributed by atoms with Crippen LogP contribution in [0.25, 0.3) is 17.2 Å². The number of hydrogen-bond donors (Lipinski definition) is 1. The molecule has 0 aliphatic carbocycles. The number of aromatic nitrogens is 2. The van der Waals surface area contributed by atoms with Gasteiger partial charge in [0.05, 0.1) is 18.6 Å². The Morgan fingerprint density at radius 3 is 2.57 bits per heavy atom. The van der Waals surface area contributed by atoms with Crippen LogP contribution in [0.4, 0.5) is 5.69 Å². The van der Waals surface area contributed by atoms with Crippen molar-refractivity contribution in [1.29, 1.82) is 0 Å². The summed E-state index contributed by atoms with van der Waals surface area (Å²) in [6.07, 6.45) is 10.8. The van der Waals surface area contributed by atoms with Gasteiger partial charge < -0.3 is 14.1 Å². The van der Waals surface area contributed by atoms with E-state index >= 15 is 0 Å². The van der Waals surface area contributed by atoms with Crippen LogP contribution in [-0.2, 0) is 17.1 Å². The van der Waals surface area contributed by atoms with Crippen LogP contribution >= 0.6 is 11.8 Å². The molecule has 192 valence electrons. The van der Waals surface area contributed by atoms with Gasteiger partial charge >= 0.3 is 0 Å². The minimum atomic E-state index is 0.763. The molecule has 3 aromatic carbocycles. The van der Waals surface area contributed by atoms with E-state index in [-0.39, 0.29) is 0 Å². The summed E-state index contributed by atoms with van der Waals surface area (Å²) >= 11 is 1.81. The van der Waals surface area contributed by atoms with Crippen LogP contribution in [0.15, 0.2) is 96.5 Å². The van der Waals surface area contributed by atoms with Crippen LogP contribution in [-0.4, -0.2) is 16.2 Å². The number of nitrogens with one attached hydrogen (secondary N) is 1. The first-order valence-electron chi connectivity index (χ1n) is 12.9. The molecule has 0 saturated heterocycles. The van der Waals surface area contributed by atoms with E-state index in [1.165, 1.54) is 10.6 Å². The van der Waals surface area contributed by atoms with Gasteiger partial charge in [0.25, 0.3) is 0 Å². The monoisotopic (exact) mass is 513 g/mol. The van der Waals surface area contributed by atoms with E-state index in [0.29, 0.717) is 0 Å². The van der Waals surface area contributed by atoms with E-state index in [9.17, 15) is 0 Å². The van der Waals surface area contributed by atoms with Crippen molar-refractivity contribution in [2.75, 3.05) is 12.1 Å². The van der Waals surface area contributed by atoms with Gasteiger partial charge in [-0.1, -0.05) is 50.6 Å². The standard InChI is InChI=1S/C31H35N3O2S/c1-3-5-19-35-30-13-9-26(10-14-30)27-8-6-7-25(21-27)17-20-36-33-28-11-15-31(16-12-28)37-23-29-22-32-24-34(29)18-4-2/h6-17,20-22,24,33H,3-5,18-19,23H2,1-2H3/b20-17-. The molecule has 6 heteroatoms. The third-order valence-electron chi connectivity index (χ3n) is 5.85. The number of nitrogens with zero attached hydrogens (tertiary/aromatic N) is 2. The van der Waals surface area contributed by atoms with Crippen LogP contribution in [0, 0.1) is 0 Å². The summed E-state index contributed by atoms with van der Waals surface area (Å²) in [6.45, 7) is 6.12.